The number of hydrogen-bond donors (Lipinski definition) is 1. The quantitative estimate of drug-likeness (QED) is 0.251. The lowest BCUT2D eigenvalue weighted by molar-refractivity contribution is 0.0734. The lowest BCUT2D eigenvalue weighted by atomic mass is 9.81. The highest BCUT2D eigenvalue weighted by atomic mass is 16.5. The van der Waals surface area contributed by atoms with Gasteiger partial charge in [-0.25, -0.2) is 4.79 Å². The molecule has 0 fully saturated rings. The van der Waals surface area contributed by atoms with Crippen molar-refractivity contribution in [1.29, 1.82) is 5.26 Å². The molecule has 0 saturated heterocycles. The number of ether oxygens (including phenoxy) is 3. The SMILES string of the molecule is CC(C)COc1ccc(C(=O)Oc2ccc3c(c2)OC(N)=C(C#N)C3c2cccc3ccccc23)cc1. The minimum absolute atomic E-state index is 0.0356. The summed E-state index contributed by atoms with van der Waals surface area (Å²) in [5, 5.41) is 12.0. The number of hydrogen-bond acceptors (Lipinski definition) is 6. The van der Waals surface area contributed by atoms with Gasteiger partial charge in [0, 0.05) is 11.6 Å². The topological polar surface area (TPSA) is 94.6 Å². The summed E-state index contributed by atoms with van der Waals surface area (Å²) in [6, 6.07) is 28.2. The Morgan fingerprint density at radius 2 is 1.70 bits per heavy atom. The van der Waals surface area contributed by atoms with Crippen molar-refractivity contribution >= 4 is 16.7 Å². The van der Waals surface area contributed by atoms with Gasteiger partial charge in [0.1, 0.15) is 28.9 Å². The van der Waals surface area contributed by atoms with Crippen LogP contribution < -0.4 is 19.9 Å². The number of carbonyl (C=O) groups excluding carboxylic acids is 1. The fourth-order valence-electron chi connectivity index (χ4n) is 4.44. The van der Waals surface area contributed by atoms with E-state index in [0.29, 0.717) is 40.9 Å². The second kappa shape index (κ2) is 10.1. The van der Waals surface area contributed by atoms with Gasteiger partial charge in [0.05, 0.1) is 18.1 Å². The zero-order chi connectivity index (χ0) is 25.9. The van der Waals surface area contributed by atoms with Gasteiger partial charge in [-0.1, -0.05) is 62.4 Å². The molecule has 0 amide bonds. The van der Waals surface area contributed by atoms with Crippen molar-refractivity contribution in [3.05, 3.63) is 113 Å². The second-order valence-electron chi connectivity index (χ2n) is 9.31. The average molecular weight is 491 g/mol. The van der Waals surface area contributed by atoms with E-state index >= 15 is 0 Å². The van der Waals surface area contributed by atoms with Crippen LogP contribution in [-0.4, -0.2) is 12.6 Å². The first-order valence-corrected chi connectivity index (χ1v) is 12.1. The first kappa shape index (κ1) is 24.0. The number of nitrogens with two attached hydrogens (primary N) is 1. The molecule has 4 aromatic rings. The first-order chi connectivity index (χ1) is 17.9. The van der Waals surface area contributed by atoms with Gasteiger partial charge in [-0.05, 0) is 52.6 Å². The normalized spacial score (nSPS) is 14.6. The summed E-state index contributed by atoms with van der Waals surface area (Å²) >= 11 is 0. The Kier molecular flexibility index (Phi) is 6.53. The van der Waals surface area contributed by atoms with Gasteiger partial charge < -0.3 is 19.9 Å². The molecule has 5 rings (SSSR count). The van der Waals surface area contributed by atoms with Gasteiger partial charge in [-0.3, -0.25) is 0 Å². The van der Waals surface area contributed by atoms with E-state index in [9.17, 15) is 10.1 Å². The van der Waals surface area contributed by atoms with Crippen molar-refractivity contribution in [2.75, 3.05) is 6.61 Å². The molecule has 1 aliphatic rings. The van der Waals surface area contributed by atoms with Crippen molar-refractivity contribution in [1.82, 2.24) is 0 Å². The van der Waals surface area contributed by atoms with Crippen LogP contribution in [0.2, 0.25) is 0 Å². The van der Waals surface area contributed by atoms with E-state index < -0.39 is 11.9 Å². The highest BCUT2D eigenvalue weighted by Crippen LogP contribution is 2.45. The van der Waals surface area contributed by atoms with Crippen LogP contribution in [0.1, 0.15) is 41.3 Å². The average Bonchev–Trinajstić information content (AvgIpc) is 2.91. The predicted octanol–water partition coefficient (Wildman–Crippen LogP) is 6.31. The molecular formula is C31H26N2O4. The standard InChI is InChI=1S/C31H26N2O4/c1-19(2)18-35-22-12-10-21(11-13-22)31(34)36-23-14-15-26-28(16-23)37-30(33)27(17-32)29(26)25-9-5-7-20-6-3-4-8-24(20)25/h3-16,19,29H,18,33H2,1-2H3. The minimum atomic E-state index is -0.502. The van der Waals surface area contributed by atoms with E-state index in [1.54, 1.807) is 36.4 Å². The summed E-state index contributed by atoms with van der Waals surface area (Å²) in [5.41, 5.74) is 8.65. The van der Waals surface area contributed by atoms with E-state index in [-0.39, 0.29) is 5.88 Å². The lowest BCUT2D eigenvalue weighted by Gasteiger charge is -2.27. The van der Waals surface area contributed by atoms with Crippen LogP contribution in [0.5, 0.6) is 17.2 Å². The van der Waals surface area contributed by atoms with Gasteiger partial charge in [0.2, 0.25) is 5.88 Å². The van der Waals surface area contributed by atoms with Gasteiger partial charge >= 0.3 is 5.97 Å². The molecule has 2 N–H and O–H groups in total. The number of nitriles is 1. The first-order valence-electron chi connectivity index (χ1n) is 12.1. The molecule has 0 bridgehead atoms. The van der Waals surface area contributed by atoms with Crippen molar-refractivity contribution in [3.8, 4) is 23.3 Å². The van der Waals surface area contributed by atoms with E-state index in [1.807, 2.05) is 48.5 Å². The number of benzene rings is 4. The van der Waals surface area contributed by atoms with Crippen LogP contribution in [0, 0.1) is 17.2 Å². The molecule has 6 heteroatoms. The molecule has 1 unspecified atom stereocenters. The van der Waals surface area contributed by atoms with Crippen LogP contribution in [0.25, 0.3) is 10.8 Å². The predicted molar refractivity (Wildman–Crippen MR) is 141 cm³/mol. The molecule has 1 aliphatic heterocycles. The Balaban J connectivity index is 1.44. The lowest BCUT2D eigenvalue weighted by Crippen LogP contribution is -2.21. The maximum atomic E-state index is 12.8. The van der Waals surface area contributed by atoms with Gasteiger partial charge in [-0.15, -0.1) is 0 Å². The highest BCUT2D eigenvalue weighted by Gasteiger charge is 2.32. The molecule has 0 radical (unpaired) electrons. The smallest absolute Gasteiger partial charge is 0.343 e. The number of nitrogens with zero attached hydrogens (tertiary/aromatic N) is 1. The fraction of sp³-hybridized carbons (Fsp3) is 0.161. The Labute approximate surface area is 215 Å². The number of esters is 1. The van der Waals surface area contributed by atoms with E-state index in [0.717, 1.165) is 21.9 Å². The summed E-state index contributed by atoms with van der Waals surface area (Å²) in [4.78, 5) is 12.8. The molecule has 6 nitrogen and oxygen atoms in total. The van der Waals surface area contributed by atoms with Crippen LogP contribution in [0.3, 0.4) is 0 Å². The summed E-state index contributed by atoms with van der Waals surface area (Å²) in [5.74, 6) is 0.979. The Morgan fingerprint density at radius 3 is 2.46 bits per heavy atom. The zero-order valence-electron chi connectivity index (χ0n) is 20.6. The van der Waals surface area contributed by atoms with Crippen molar-refractivity contribution in [3.63, 3.8) is 0 Å². The molecular weight excluding hydrogens is 464 g/mol. The minimum Gasteiger partial charge on any atom is -0.493 e. The van der Waals surface area contributed by atoms with Crippen molar-refractivity contribution in [2.45, 2.75) is 19.8 Å². The van der Waals surface area contributed by atoms with E-state index in [1.165, 1.54) is 0 Å². The third-order valence-electron chi connectivity index (χ3n) is 6.21. The number of rotatable bonds is 6. The highest BCUT2D eigenvalue weighted by molar-refractivity contribution is 5.91. The molecule has 0 aliphatic carbocycles. The Morgan fingerprint density at radius 1 is 0.973 bits per heavy atom. The summed E-state index contributed by atoms with van der Waals surface area (Å²) in [7, 11) is 0. The molecule has 37 heavy (non-hydrogen) atoms. The van der Waals surface area contributed by atoms with Gasteiger partial charge in [0.25, 0.3) is 0 Å². The van der Waals surface area contributed by atoms with Crippen LogP contribution in [0.15, 0.2) is 96.4 Å². The van der Waals surface area contributed by atoms with E-state index in [4.69, 9.17) is 19.9 Å². The Hall–Kier alpha value is -4.76. The molecule has 4 aromatic carbocycles. The number of carbonyl (C=O) groups is 1. The molecule has 0 aromatic heterocycles. The third-order valence-corrected chi connectivity index (χ3v) is 6.21. The van der Waals surface area contributed by atoms with Crippen LogP contribution in [0.4, 0.5) is 0 Å². The maximum absolute atomic E-state index is 12.8. The van der Waals surface area contributed by atoms with Crippen molar-refractivity contribution in [2.24, 2.45) is 11.7 Å². The molecule has 1 heterocycles. The van der Waals surface area contributed by atoms with Gasteiger partial charge in [0.15, 0.2) is 0 Å². The maximum Gasteiger partial charge on any atom is 0.343 e. The molecule has 0 saturated carbocycles. The monoisotopic (exact) mass is 490 g/mol. The van der Waals surface area contributed by atoms with E-state index in [2.05, 4.69) is 19.9 Å². The summed E-state index contributed by atoms with van der Waals surface area (Å²) < 4.78 is 17.1. The molecule has 184 valence electrons. The fourth-order valence-corrected chi connectivity index (χ4v) is 4.44. The third kappa shape index (κ3) is 4.85. The molecule has 1 atom stereocenters. The van der Waals surface area contributed by atoms with Crippen LogP contribution >= 0.6 is 0 Å². The Bertz CT molecular complexity index is 1540. The summed E-state index contributed by atoms with van der Waals surface area (Å²) in [6.45, 7) is 4.75. The summed E-state index contributed by atoms with van der Waals surface area (Å²) in [6.07, 6.45) is 0. The number of fused-ring (bicyclic) bond motifs is 2. The van der Waals surface area contributed by atoms with Crippen molar-refractivity contribution < 1.29 is 19.0 Å². The largest absolute Gasteiger partial charge is 0.493 e. The number of allylic oxidation sites excluding steroid dienone is 1. The van der Waals surface area contributed by atoms with Gasteiger partial charge in [-0.2, -0.15) is 5.26 Å². The second-order valence-corrected chi connectivity index (χ2v) is 9.31. The van der Waals surface area contributed by atoms with Crippen LogP contribution in [-0.2, 0) is 0 Å². The molecule has 0 spiro atoms. The zero-order valence-corrected chi connectivity index (χ0v) is 20.6.